The SMILES string of the molecule is COc1cc(OC)cc(OCCC#Cc2ccc(C(N)CC(C)CO)s2)c1. The van der Waals surface area contributed by atoms with Crippen molar-refractivity contribution < 1.29 is 19.3 Å². The average Bonchev–Trinajstić information content (AvgIpc) is 3.16. The van der Waals surface area contributed by atoms with Gasteiger partial charge in [0, 0.05) is 42.1 Å². The zero-order valence-corrected chi connectivity index (χ0v) is 16.8. The summed E-state index contributed by atoms with van der Waals surface area (Å²) >= 11 is 1.60. The molecular weight excluding hydrogens is 362 g/mol. The number of ether oxygens (including phenoxy) is 3. The third-order valence-electron chi connectivity index (χ3n) is 3.99. The van der Waals surface area contributed by atoms with E-state index < -0.39 is 0 Å². The van der Waals surface area contributed by atoms with E-state index in [1.54, 1.807) is 31.6 Å². The van der Waals surface area contributed by atoms with Gasteiger partial charge < -0.3 is 25.1 Å². The van der Waals surface area contributed by atoms with E-state index in [4.69, 9.17) is 25.1 Å². The standard InChI is InChI=1S/C21H27NO4S/c1-15(14-23)10-20(22)21-8-7-19(27-21)6-4-5-9-26-18-12-16(24-2)11-17(13-18)25-3/h7-8,11-13,15,20,23H,5,9-10,14,22H2,1-3H3. The molecule has 0 amide bonds. The fraction of sp³-hybridized carbons (Fsp3) is 0.429. The Morgan fingerprint density at radius 2 is 1.78 bits per heavy atom. The smallest absolute Gasteiger partial charge is 0.126 e. The first-order chi connectivity index (χ1) is 13.0. The van der Waals surface area contributed by atoms with Crippen LogP contribution in [-0.2, 0) is 0 Å². The minimum atomic E-state index is -0.0564. The zero-order chi connectivity index (χ0) is 19.6. The van der Waals surface area contributed by atoms with Gasteiger partial charge in [-0.05, 0) is 24.5 Å². The Kier molecular flexibility index (Phi) is 8.46. The number of benzene rings is 1. The second-order valence-electron chi connectivity index (χ2n) is 6.28. The largest absolute Gasteiger partial charge is 0.496 e. The zero-order valence-electron chi connectivity index (χ0n) is 16.0. The van der Waals surface area contributed by atoms with Gasteiger partial charge in [0.25, 0.3) is 0 Å². The van der Waals surface area contributed by atoms with Gasteiger partial charge >= 0.3 is 0 Å². The van der Waals surface area contributed by atoms with Gasteiger partial charge in [-0.25, -0.2) is 0 Å². The molecule has 6 heteroatoms. The van der Waals surface area contributed by atoms with Crippen LogP contribution in [0.3, 0.4) is 0 Å². The summed E-state index contributed by atoms with van der Waals surface area (Å²) in [6.07, 6.45) is 1.38. The molecule has 0 bridgehead atoms. The Bertz CT molecular complexity index is 756. The predicted molar refractivity (Wildman–Crippen MR) is 109 cm³/mol. The Morgan fingerprint density at radius 1 is 1.11 bits per heavy atom. The van der Waals surface area contributed by atoms with E-state index in [1.165, 1.54) is 0 Å². The van der Waals surface area contributed by atoms with Crippen molar-refractivity contribution >= 4 is 11.3 Å². The first-order valence-electron chi connectivity index (χ1n) is 8.86. The summed E-state index contributed by atoms with van der Waals surface area (Å²) in [5.41, 5.74) is 6.18. The number of aliphatic hydroxyl groups excluding tert-OH is 1. The highest BCUT2D eigenvalue weighted by Gasteiger charge is 2.12. The summed E-state index contributed by atoms with van der Waals surface area (Å²) in [5.74, 6) is 8.54. The van der Waals surface area contributed by atoms with Crippen molar-refractivity contribution in [1.29, 1.82) is 0 Å². The number of hydrogen-bond acceptors (Lipinski definition) is 6. The Balaban J connectivity index is 1.84. The fourth-order valence-electron chi connectivity index (χ4n) is 2.48. The van der Waals surface area contributed by atoms with E-state index >= 15 is 0 Å². The minimum absolute atomic E-state index is 0.0564. The molecule has 3 N–H and O–H groups in total. The van der Waals surface area contributed by atoms with Crippen molar-refractivity contribution in [1.82, 2.24) is 0 Å². The topological polar surface area (TPSA) is 73.9 Å². The molecule has 0 aliphatic carbocycles. The lowest BCUT2D eigenvalue weighted by Crippen LogP contribution is -2.14. The summed E-state index contributed by atoms with van der Waals surface area (Å²) in [6, 6.07) is 9.38. The number of hydrogen-bond donors (Lipinski definition) is 2. The summed E-state index contributed by atoms with van der Waals surface area (Å²) in [6.45, 7) is 2.63. The summed E-state index contributed by atoms with van der Waals surface area (Å²) in [5, 5.41) is 9.14. The molecule has 0 saturated heterocycles. The maximum absolute atomic E-state index is 9.14. The molecule has 2 rings (SSSR count). The van der Waals surface area contributed by atoms with Gasteiger partial charge in [0.2, 0.25) is 0 Å². The summed E-state index contributed by atoms with van der Waals surface area (Å²) < 4.78 is 16.2. The van der Waals surface area contributed by atoms with Crippen molar-refractivity contribution in [3.8, 4) is 29.1 Å². The van der Waals surface area contributed by atoms with E-state index in [-0.39, 0.29) is 18.6 Å². The van der Waals surface area contributed by atoms with Gasteiger partial charge in [-0.3, -0.25) is 0 Å². The highest BCUT2D eigenvalue weighted by Crippen LogP contribution is 2.28. The number of nitrogens with two attached hydrogens (primary N) is 1. The van der Waals surface area contributed by atoms with E-state index in [2.05, 4.69) is 11.8 Å². The predicted octanol–water partition coefficient (Wildman–Crippen LogP) is 3.60. The van der Waals surface area contributed by atoms with E-state index in [0.29, 0.717) is 30.3 Å². The van der Waals surface area contributed by atoms with Gasteiger partial charge in [0.1, 0.15) is 17.2 Å². The second-order valence-corrected chi connectivity index (χ2v) is 7.40. The molecule has 1 aromatic carbocycles. The molecule has 0 fully saturated rings. The Hall–Kier alpha value is -2.20. The molecule has 0 aliphatic heterocycles. The van der Waals surface area contributed by atoms with Gasteiger partial charge in [0.15, 0.2) is 0 Å². The van der Waals surface area contributed by atoms with Gasteiger partial charge in [-0.1, -0.05) is 18.8 Å². The second kappa shape index (κ2) is 10.8. The maximum Gasteiger partial charge on any atom is 0.126 e. The molecule has 0 aliphatic rings. The molecule has 5 nitrogen and oxygen atoms in total. The molecule has 2 unspecified atom stereocenters. The number of thiophene rings is 1. The average molecular weight is 390 g/mol. The molecule has 1 aromatic heterocycles. The van der Waals surface area contributed by atoms with Crippen LogP contribution in [0.15, 0.2) is 30.3 Å². The molecule has 2 atom stereocenters. The molecule has 2 aromatic rings. The van der Waals surface area contributed by atoms with Gasteiger partial charge in [0.05, 0.1) is 25.7 Å². The maximum atomic E-state index is 9.14. The molecule has 0 spiro atoms. The molecule has 1 heterocycles. The summed E-state index contributed by atoms with van der Waals surface area (Å²) in [7, 11) is 3.21. The van der Waals surface area contributed by atoms with Crippen LogP contribution in [0.5, 0.6) is 17.2 Å². The van der Waals surface area contributed by atoms with Crippen molar-refractivity contribution in [3.63, 3.8) is 0 Å². The Labute approximate surface area is 165 Å². The first kappa shape index (κ1) is 21.1. The molecule has 0 radical (unpaired) electrons. The molecule has 0 saturated carbocycles. The van der Waals surface area contributed by atoms with Crippen molar-refractivity contribution in [2.24, 2.45) is 11.7 Å². The van der Waals surface area contributed by atoms with Gasteiger partial charge in [-0.2, -0.15) is 0 Å². The lowest BCUT2D eigenvalue weighted by molar-refractivity contribution is 0.224. The lowest BCUT2D eigenvalue weighted by atomic mass is 10.0. The van der Waals surface area contributed by atoms with Crippen LogP contribution in [0.4, 0.5) is 0 Å². The van der Waals surface area contributed by atoms with Crippen molar-refractivity contribution in [2.75, 3.05) is 27.4 Å². The van der Waals surface area contributed by atoms with Gasteiger partial charge in [-0.15, -0.1) is 11.3 Å². The van der Waals surface area contributed by atoms with Crippen LogP contribution in [0.25, 0.3) is 0 Å². The lowest BCUT2D eigenvalue weighted by Gasteiger charge is -2.13. The van der Waals surface area contributed by atoms with E-state index in [9.17, 15) is 0 Å². The fourth-order valence-corrected chi connectivity index (χ4v) is 3.37. The van der Waals surface area contributed by atoms with Crippen molar-refractivity contribution in [2.45, 2.75) is 25.8 Å². The van der Waals surface area contributed by atoms with Crippen molar-refractivity contribution in [3.05, 3.63) is 40.1 Å². The Morgan fingerprint density at radius 3 is 2.41 bits per heavy atom. The van der Waals surface area contributed by atoms with Crippen LogP contribution in [0.1, 0.15) is 35.6 Å². The van der Waals surface area contributed by atoms with E-state index in [0.717, 1.165) is 16.2 Å². The normalized spacial score (nSPS) is 12.6. The van der Waals surface area contributed by atoms with Crippen LogP contribution in [-0.4, -0.2) is 32.5 Å². The number of rotatable bonds is 9. The molecular formula is C21H27NO4S. The summed E-state index contributed by atoms with van der Waals surface area (Å²) in [4.78, 5) is 2.08. The number of methoxy groups -OCH3 is 2. The third-order valence-corrected chi connectivity index (χ3v) is 5.13. The van der Waals surface area contributed by atoms with Crippen LogP contribution in [0.2, 0.25) is 0 Å². The third kappa shape index (κ3) is 6.79. The molecule has 27 heavy (non-hydrogen) atoms. The van der Waals surface area contributed by atoms with Crippen LogP contribution < -0.4 is 19.9 Å². The van der Waals surface area contributed by atoms with Crippen LogP contribution >= 0.6 is 11.3 Å². The monoisotopic (exact) mass is 389 g/mol. The highest BCUT2D eigenvalue weighted by atomic mass is 32.1. The van der Waals surface area contributed by atoms with E-state index in [1.807, 2.05) is 31.2 Å². The minimum Gasteiger partial charge on any atom is -0.496 e. The molecule has 146 valence electrons. The highest BCUT2D eigenvalue weighted by molar-refractivity contribution is 7.12. The number of aliphatic hydroxyl groups is 1. The first-order valence-corrected chi connectivity index (χ1v) is 9.68. The quantitative estimate of drug-likeness (QED) is 0.506. The van der Waals surface area contributed by atoms with Crippen LogP contribution in [0, 0.1) is 17.8 Å².